The highest BCUT2D eigenvalue weighted by atomic mass is 35.5. The summed E-state index contributed by atoms with van der Waals surface area (Å²) in [6.45, 7) is 2.21. The van der Waals surface area contributed by atoms with Gasteiger partial charge in [0, 0.05) is 19.4 Å². The number of rotatable bonds is 6. The van der Waals surface area contributed by atoms with E-state index in [4.69, 9.17) is 21.1 Å². The first kappa shape index (κ1) is 11.9. The van der Waals surface area contributed by atoms with Crippen molar-refractivity contribution in [2.75, 3.05) is 19.1 Å². The molecule has 0 spiro atoms. The monoisotopic (exact) mass is 240 g/mol. The lowest BCUT2D eigenvalue weighted by atomic mass is 9.94. The summed E-state index contributed by atoms with van der Waals surface area (Å²) in [6.07, 6.45) is 1.95. The molecule has 1 atom stereocenters. The van der Waals surface area contributed by atoms with Gasteiger partial charge < -0.3 is 9.47 Å². The van der Waals surface area contributed by atoms with Crippen molar-refractivity contribution >= 4 is 11.6 Å². The molecule has 16 heavy (non-hydrogen) atoms. The number of halogens is 1. The van der Waals surface area contributed by atoms with E-state index in [1.54, 1.807) is 0 Å². The molecule has 0 radical (unpaired) electrons. The fraction of sp³-hybridized carbons (Fsp3) is 0.538. The molecule has 1 aliphatic rings. The third-order valence-electron chi connectivity index (χ3n) is 3.02. The molecular weight excluding hydrogens is 224 g/mol. The molecule has 1 unspecified atom stereocenters. The first-order valence-corrected chi connectivity index (χ1v) is 6.20. The average molecular weight is 241 g/mol. The van der Waals surface area contributed by atoms with Gasteiger partial charge in [-0.3, -0.25) is 0 Å². The van der Waals surface area contributed by atoms with Crippen LogP contribution in [-0.4, -0.2) is 24.7 Å². The van der Waals surface area contributed by atoms with E-state index in [-0.39, 0.29) is 5.60 Å². The zero-order valence-corrected chi connectivity index (χ0v) is 10.1. The van der Waals surface area contributed by atoms with Crippen molar-refractivity contribution in [1.29, 1.82) is 0 Å². The van der Waals surface area contributed by atoms with E-state index >= 15 is 0 Å². The highest BCUT2D eigenvalue weighted by Gasteiger charge is 2.37. The summed E-state index contributed by atoms with van der Waals surface area (Å²) < 4.78 is 11.1. The summed E-state index contributed by atoms with van der Waals surface area (Å²) in [4.78, 5) is 0. The molecular formula is C13H17ClO2. The lowest BCUT2D eigenvalue weighted by Gasteiger charge is -2.40. The Labute approximate surface area is 102 Å². The van der Waals surface area contributed by atoms with Crippen LogP contribution in [0.4, 0.5) is 0 Å². The van der Waals surface area contributed by atoms with Crippen LogP contribution < -0.4 is 0 Å². The van der Waals surface area contributed by atoms with Crippen molar-refractivity contribution in [2.45, 2.75) is 25.0 Å². The van der Waals surface area contributed by atoms with Crippen LogP contribution in [0.2, 0.25) is 0 Å². The Morgan fingerprint density at radius 2 is 2.06 bits per heavy atom. The van der Waals surface area contributed by atoms with Gasteiger partial charge in [-0.2, -0.15) is 0 Å². The average Bonchev–Trinajstić information content (AvgIpc) is 2.29. The van der Waals surface area contributed by atoms with Gasteiger partial charge in [0.15, 0.2) is 0 Å². The van der Waals surface area contributed by atoms with E-state index in [0.29, 0.717) is 19.1 Å². The first-order valence-electron chi connectivity index (χ1n) is 5.66. The zero-order valence-electron chi connectivity index (χ0n) is 9.32. The van der Waals surface area contributed by atoms with Crippen molar-refractivity contribution in [2.24, 2.45) is 0 Å². The van der Waals surface area contributed by atoms with Gasteiger partial charge in [-0.1, -0.05) is 30.3 Å². The van der Waals surface area contributed by atoms with Crippen molar-refractivity contribution < 1.29 is 9.47 Å². The van der Waals surface area contributed by atoms with Gasteiger partial charge in [0.2, 0.25) is 0 Å². The van der Waals surface area contributed by atoms with Crippen LogP contribution in [0.1, 0.15) is 18.4 Å². The van der Waals surface area contributed by atoms with E-state index in [1.165, 1.54) is 5.56 Å². The number of ether oxygens (including phenoxy) is 2. The fourth-order valence-electron chi connectivity index (χ4n) is 1.78. The molecule has 3 heteroatoms. The normalized spacial score (nSPS) is 24.1. The first-order chi connectivity index (χ1) is 7.85. The zero-order chi connectivity index (χ0) is 11.3. The second kappa shape index (κ2) is 5.67. The van der Waals surface area contributed by atoms with Crippen LogP contribution in [0.25, 0.3) is 0 Å². The Morgan fingerprint density at radius 1 is 1.31 bits per heavy atom. The molecule has 1 aromatic carbocycles. The second-order valence-electron chi connectivity index (χ2n) is 4.20. The van der Waals surface area contributed by atoms with Crippen LogP contribution >= 0.6 is 11.6 Å². The minimum absolute atomic E-state index is 0.0990. The highest BCUT2D eigenvalue weighted by Crippen LogP contribution is 2.31. The van der Waals surface area contributed by atoms with Gasteiger partial charge in [-0.05, 0) is 5.56 Å². The van der Waals surface area contributed by atoms with Crippen LogP contribution in [0.5, 0.6) is 0 Å². The molecule has 0 N–H and O–H groups in total. The molecule has 1 heterocycles. The topological polar surface area (TPSA) is 18.5 Å². The molecule has 0 aromatic heterocycles. The van der Waals surface area contributed by atoms with Gasteiger partial charge >= 0.3 is 0 Å². The lowest BCUT2D eigenvalue weighted by Crippen LogP contribution is -2.46. The van der Waals surface area contributed by atoms with Gasteiger partial charge in [-0.25, -0.2) is 0 Å². The van der Waals surface area contributed by atoms with E-state index < -0.39 is 0 Å². The van der Waals surface area contributed by atoms with Gasteiger partial charge in [-0.15, -0.1) is 11.6 Å². The molecule has 2 nitrogen and oxygen atoms in total. The lowest BCUT2D eigenvalue weighted by molar-refractivity contribution is -0.144. The number of benzene rings is 1. The minimum atomic E-state index is -0.0990. The molecule has 1 aliphatic heterocycles. The largest absolute Gasteiger partial charge is 0.377 e. The molecule has 1 fully saturated rings. The summed E-state index contributed by atoms with van der Waals surface area (Å²) in [7, 11) is 0. The van der Waals surface area contributed by atoms with Crippen LogP contribution in [0.3, 0.4) is 0 Å². The van der Waals surface area contributed by atoms with Crippen molar-refractivity contribution in [3.05, 3.63) is 35.9 Å². The minimum Gasteiger partial charge on any atom is -0.377 e. The molecule has 0 amide bonds. The van der Waals surface area contributed by atoms with E-state index in [0.717, 1.165) is 19.4 Å². The van der Waals surface area contributed by atoms with E-state index in [1.807, 2.05) is 18.2 Å². The Kier molecular flexibility index (Phi) is 4.22. The maximum Gasteiger partial charge on any atom is 0.0861 e. The van der Waals surface area contributed by atoms with Gasteiger partial charge in [0.25, 0.3) is 0 Å². The smallest absolute Gasteiger partial charge is 0.0861 e. The molecule has 1 saturated heterocycles. The molecule has 0 saturated carbocycles. The molecule has 0 aliphatic carbocycles. The summed E-state index contributed by atoms with van der Waals surface area (Å²) in [5, 5.41) is 0. The molecule has 2 rings (SSSR count). The van der Waals surface area contributed by atoms with Crippen LogP contribution in [-0.2, 0) is 16.1 Å². The van der Waals surface area contributed by atoms with E-state index in [2.05, 4.69) is 12.1 Å². The third kappa shape index (κ3) is 2.97. The van der Waals surface area contributed by atoms with E-state index in [9.17, 15) is 0 Å². The van der Waals surface area contributed by atoms with Crippen molar-refractivity contribution in [3.8, 4) is 0 Å². The predicted octanol–water partition coefficient (Wildman–Crippen LogP) is 2.99. The quantitative estimate of drug-likeness (QED) is 0.562. The maximum atomic E-state index is 5.88. The van der Waals surface area contributed by atoms with Gasteiger partial charge in [0.1, 0.15) is 0 Å². The van der Waals surface area contributed by atoms with Crippen molar-refractivity contribution in [3.63, 3.8) is 0 Å². The number of hydrogen-bond acceptors (Lipinski definition) is 2. The Balaban J connectivity index is 1.65. The second-order valence-corrected chi connectivity index (χ2v) is 4.47. The standard InChI is InChI=1S/C13H17ClO2/c14-11-13(7-9-16-13)6-8-15-10-12-4-2-1-3-5-12/h1-5H,6-11H2. The Morgan fingerprint density at radius 3 is 2.62 bits per heavy atom. The number of hydrogen-bond donors (Lipinski definition) is 0. The summed E-state index contributed by atoms with van der Waals surface area (Å²) >= 11 is 5.88. The number of alkyl halides is 1. The molecule has 1 aromatic rings. The SMILES string of the molecule is ClCC1(CCOCc2ccccc2)CCO1. The van der Waals surface area contributed by atoms with Crippen LogP contribution in [0.15, 0.2) is 30.3 Å². The third-order valence-corrected chi connectivity index (χ3v) is 3.51. The fourth-order valence-corrected chi connectivity index (χ4v) is 2.13. The summed E-state index contributed by atoms with van der Waals surface area (Å²) in [6, 6.07) is 10.2. The predicted molar refractivity (Wildman–Crippen MR) is 64.7 cm³/mol. The highest BCUT2D eigenvalue weighted by molar-refractivity contribution is 6.18. The maximum absolute atomic E-state index is 5.88. The Bertz CT molecular complexity index is 303. The Hall–Kier alpha value is -0.570. The summed E-state index contributed by atoms with van der Waals surface area (Å²) in [5.74, 6) is 0.571. The molecule has 0 bridgehead atoms. The van der Waals surface area contributed by atoms with Crippen molar-refractivity contribution in [1.82, 2.24) is 0 Å². The van der Waals surface area contributed by atoms with Crippen LogP contribution in [0, 0.1) is 0 Å². The van der Waals surface area contributed by atoms with Gasteiger partial charge in [0.05, 0.1) is 24.7 Å². The summed E-state index contributed by atoms with van der Waals surface area (Å²) in [5.41, 5.74) is 1.11. The molecule has 88 valence electrons.